The third-order valence-corrected chi connectivity index (χ3v) is 4.13. The van der Waals surface area contributed by atoms with Gasteiger partial charge in [-0.05, 0) is 36.1 Å². The van der Waals surface area contributed by atoms with Crippen molar-refractivity contribution in [3.05, 3.63) is 50.9 Å². The molecule has 21 heavy (non-hydrogen) atoms. The van der Waals surface area contributed by atoms with E-state index < -0.39 is 0 Å². The minimum atomic E-state index is -0.353. The zero-order valence-corrected chi connectivity index (χ0v) is 12.5. The number of hydrogen-bond donors (Lipinski definition) is 1. The fourth-order valence-electron chi connectivity index (χ4n) is 2.66. The van der Waals surface area contributed by atoms with E-state index in [1.807, 2.05) is 6.07 Å². The molecule has 0 amide bonds. The number of rotatable bonds is 2. The van der Waals surface area contributed by atoms with Gasteiger partial charge in [0.2, 0.25) is 0 Å². The standard InChI is InChI=1S/C15H16ClN3O2/c1-21-12-5-4-11-9-19(6-2-3-10(11)7-12)13-8-17-18-15(20)14(13)16/h4-5,7-8H,2-3,6,9H2,1H3,(H,18,20). The summed E-state index contributed by atoms with van der Waals surface area (Å²) in [6.45, 7) is 1.55. The Morgan fingerprint density at radius 1 is 1.38 bits per heavy atom. The molecule has 1 aliphatic rings. The highest BCUT2D eigenvalue weighted by molar-refractivity contribution is 6.32. The van der Waals surface area contributed by atoms with E-state index in [4.69, 9.17) is 16.3 Å². The van der Waals surface area contributed by atoms with Crippen LogP contribution in [-0.4, -0.2) is 23.9 Å². The average molecular weight is 306 g/mol. The molecule has 0 atom stereocenters. The fraction of sp³-hybridized carbons (Fsp3) is 0.333. The Morgan fingerprint density at radius 2 is 2.24 bits per heavy atom. The maximum atomic E-state index is 11.6. The molecule has 0 unspecified atom stereocenters. The second-order valence-electron chi connectivity index (χ2n) is 5.06. The minimum absolute atomic E-state index is 0.196. The number of aromatic nitrogens is 2. The number of benzene rings is 1. The number of hydrogen-bond acceptors (Lipinski definition) is 4. The van der Waals surface area contributed by atoms with Gasteiger partial charge in [0.25, 0.3) is 5.56 Å². The second-order valence-corrected chi connectivity index (χ2v) is 5.44. The van der Waals surface area contributed by atoms with Crippen molar-refractivity contribution in [2.24, 2.45) is 0 Å². The Morgan fingerprint density at radius 3 is 3.05 bits per heavy atom. The predicted molar refractivity (Wildman–Crippen MR) is 82.2 cm³/mol. The average Bonchev–Trinajstić information content (AvgIpc) is 2.71. The molecule has 1 aromatic heterocycles. The first kappa shape index (κ1) is 13.9. The lowest BCUT2D eigenvalue weighted by Gasteiger charge is -2.23. The molecule has 0 radical (unpaired) electrons. The van der Waals surface area contributed by atoms with Crippen LogP contribution >= 0.6 is 11.6 Å². The van der Waals surface area contributed by atoms with E-state index in [1.54, 1.807) is 13.3 Å². The van der Waals surface area contributed by atoms with Gasteiger partial charge in [0.05, 0.1) is 19.0 Å². The monoisotopic (exact) mass is 305 g/mol. The number of nitrogens with zero attached hydrogens (tertiary/aromatic N) is 2. The van der Waals surface area contributed by atoms with Crippen LogP contribution in [0.15, 0.2) is 29.2 Å². The van der Waals surface area contributed by atoms with Crippen molar-refractivity contribution >= 4 is 17.3 Å². The first-order valence-corrected chi connectivity index (χ1v) is 7.21. The topological polar surface area (TPSA) is 58.2 Å². The predicted octanol–water partition coefficient (Wildman–Crippen LogP) is 2.38. The van der Waals surface area contributed by atoms with E-state index in [0.29, 0.717) is 12.2 Å². The van der Waals surface area contributed by atoms with E-state index in [-0.39, 0.29) is 10.6 Å². The number of nitrogens with one attached hydrogen (secondary N) is 1. The molecule has 0 spiro atoms. The van der Waals surface area contributed by atoms with E-state index >= 15 is 0 Å². The molecule has 1 aliphatic heterocycles. The van der Waals surface area contributed by atoms with Crippen LogP contribution in [0.1, 0.15) is 17.5 Å². The number of aryl methyl sites for hydroxylation is 1. The van der Waals surface area contributed by atoms with Gasteiger partial charge >= 0.3 is 0 Å². The Balaban J connectivity index is 1.96. The van der Waals surface area contributed by atoms with Gasteiger partial charge in [0.1, 0.15) is 10.8 Å². The Hall–Kier alpha value is -2.01. The quantitative estimate of drug-likeness (QED) is 0.925. The van der Waals surface area contributed by atoms with Crippen LogP contribution in [-0.2, 0) is 13.0 Å². The number of halogens is 1. The summed E-state index contributed by atoms with van der Waals surface area (Å²) in [5.74, 6) is 0.873. The first-order valence-electron chi connectivity index (χ1n) is 6.83. The summed E-state index contributed by atoms with van der Waals surface area (Å²) in [5, 5.41) is 6.40. The van der Waals surface area contributed by atoms with E-state index in [0.717, 1.165) is 25.1 Å². The van der Waals surface area contributed by atoms with Gasteiger partial charge < -0.3 is 9.64 Å². The highest BCUT2D eigenvalue weighted by Gasteiger charge is 2.18. The Bertz CT molecular complexity index is 714. The molecule has 1 N–H and O–H groups in total. The lowest BCUT2D eigenvalue weighted by Crippen LogP contribution is -2.25. The highest BCUT2D eigenvalue weighted by atomic mass is 35.5. The van der Waals surface area contributed by atoms with Gasteiger partial charge in [0.15, 0.2) is 0 Å². The van der Waals surface area contributed by atoms with Gasteiger partial charge in [0, 0.05) is 13.1 Å². The SMILES string of the molecule is COc1ccc2c(c1)CCCN(c1cn[nH]c(=O)c1Cl)C2. The lowest BCUT2D eigenvalue weighted by atomic mass is 10.0. The fourth-order valence-corrected chi connectivity index (χ4v) is 2.87. The molecule has 110 valence electrons. The molecule has 3 rings (SSSR count). The number of anilines is 1. The molecule has 2 aromatic rings. The van der Waals surface area contributed by atoms with Crippen molar-refractivity contribution in [3.63, 3.8) is 0 Å². The molecular formula is C15H16ClN3O2. The molecule has 6 heteroatoms. The van der Waals surface area contributed by atoms with E-state index in [1.165, 1.54) is 11.1 Å². The van der Waals surface area contributed by atoms with Crippen LogP contribution in [0.4, 0.5) is 5.69 Å². The van der Waals surface area contributed by atoms with Crippen LogP contribution < -0.4 is 15.2 Å². The van der Waals surface area contributed by atoms with Crippen molar-refractivity contribution in [2.75, 3.05) is 18.6 Å². The maximum absolute atomic E-state index is 11.6. The molecule has 2 heterocycles. The molecule has 0 fully saturated rings. The normalized spacial score (nSPS) is 14.5. The third kappa shape index (κ3) is 2.74. The van der Waals surface area contributed by atoms with Crippen LogP contribution in [0.5, 0.6) is 5.75 Å². The molecule has 5 nitrogen and oxygen atoms in total. The van der Waals surface area contributed by atoms with Crippen LogP contribution in [0.2, 0.25) is 5.02 Å². The zero-order chi connectivity index (χ0) is 14.8. The van der Waals surface area contributed by atoms with Crippen molar-refractivity contribution in [1.82, 2.24) is 10.2 Å². The minimum Gasteiger partial charge on any atom is -0.497 e. The second kappa shape index (κ2) is 5.77. The summed E-state index contributed by atoms with van der Waals surface area (Å²) in [7, 11) is 1.67. The largest absolute Gasteiger partial charge is 0.497 e. The number of methoxy groups -OCH3 is 1. The van der Waals surface area contributed by atoms with Gasteiger partial charge in [-0.1, -0.05) is 17.7 Å². The molecule has 0 bridgehead atoms. The number of aromatic amines is 1. The van der Waals surface area contributed by atoms with E-state index in [2.05, 4.69) is 27.2 Å². The maximum Gasteiger partial charge on any atom is 0.285 e. The molecule has 0 aliphatic carbocycles. The third-order valence-electron chi connectivity index (χ3n) is 3.77. The summed E-state index contributed by atoms with van der Waals surface area (Å²) < 4.78 is 5.28. The Labute approximate surface area is 127 Å². The van der Waals surface area contributed by atoms with Crippen LogP contribution in [0.3, 0.4) is 0 Å². The summed E-state index contributed by atoms with van der Waals surface area (Å²) in [4.78, 5) is 13.7. The van der Waals surface area contributed by atoms with Crippen molar-refractivity contribution in [2.45, 2.75) is 19.4 Å². The zero-order valence-electron chi connectivity index (χ0n) is 11.7. The van der Waals surface area contributed by atoms with Gasteiger partial charge in [-0.2, -0.15) is 5.10 Å². The van der Waals surface area contributed by atoms with Crippen LogP contribution in [0.25, 0.3) is 0 Å². The van der Waals surface area contributed by atoms with Gasteiger partial charge in [-0.25, -0.2) is 5.10 Å². The van der Waals surface area contributed by atoms with Crippen molar-refractivity contribution < 1.29 is 4.74 Å². The summed E-state index contributed by atoms with van der Waals surface area (Å²) in [6.07, 6.45) is 3.58. The van der Waals surface area contributed by atoms with Gasteiger partial charge in [-0.3, -0.25) is 4.79 Å². The molecule has 0 saturated carbocycles. The Kier molecular flexibility index (Phi) is 3.84. The summed E-state index contributed by atoms with van der Waals surface area (Å²) in [6, 6.07) is 6.11. The van der Waals surface area contributed by atoms with Crippen molar-refractivity contribution in [1.29, 1.82) is 0 Å². The number of ether oxygens (including phenoxy) is 1. The first-order chi connectivity index (χ1) is 10.2. The highest BCUT2D eigenvalue weighted by Crippen LogP contribution is 2.28. The molecule has 0 saturated heterocycles. The molecular weight excluding hydrogens is 290 g/mol. The smallest absolute Gasteiger partial charge is 0.285 e. The lowest BCUT2D eigenvalue weighted by molar-refractivity contribution is 0.414. The van der Waals surface area contributed by atoms with Crippen LogP contribution in [0, 0.1) is 0 Å². The molecule has 1 aromatic carbocycles. The summed E-state index contributed by atoms with van der Waals surface area (Å²) >= 11 is 6.11. The number of H-pyrrole nitrogens is 1. The number of fused-ring (bicyclic) bond motifs is 1. The van der Waals surface area contributed by atoms with E-state index in [9.17, 15) is 4.79 Å². The van der Waals surface area contributed by atoms with Gasteiger partial charge in [-0.15, -0.1) is 0 Å². The van der Waals surface area contributed by atoms with Crippen molar-refractivity contribution in [3.8, 4) is 5.75 Å². The summed E-state index contributed by atoms with van der Waals surface area (Å²) in [5.41, 5.74) is 2.84.